The molecule has 0 fully saturated rings. The molecule has 0 aromatic heterocycles. The summed E-state index contributed by atoms with van der Waals surface area (Å²) >= 11 is 0. The average molecular weight is 230 g/mol. The predicted octanol–water partition coefficient (Wildman–Crippen LogP) is 2.97. The lowest BCUT2D eigenvalue weighted by molar-refractivity contribution is -0.106. The zero-order valence-corrected chi connectivity index (χ0v) is 10.9. The van der Waals surface area contributed by atoms with Gasteiger partial charge in [-0.1, -0.05) is 64.7 Å². The first-order valence-electron chi connectivity index (χ1n) is 6.68. The SMILES string of the molecule is CCCCCCCCCCCCN.NC=O. The Morgan fingerprint density at radius 2 is 1.12 bits per heavy atom. The summed E-state index contributed by atoms with van der Waals surface area (Å²) in [5.74, 6) is 0. The average Bonchev–Trinajstić information content (AvgIpc) is 2.28. The van der Waals surface area contributed by atoms with E-state index in [0.29, 0.717) is 0 Å². The summed E-state index contributed by atoms with van der Waals surface area (Å²) in [5, 5.41) is 0. The molecule has 0 heterocycles. The van der Waals surface area contributed by atoms with Crippen LogP contribution in [0.1, 0.15) is 71.1 Å². The highest BCUT2D eigenvalue weighted by Gasteiger charge is 1.91. The summed E-state index contributed by atoms with van der Waals surface area (Å²) in [4.78, 5) is 8.58. The van der Waals surface area contributed by atoms with E-state index in [-0.39, 0.29) is 6.41 Å². The number of unbranched alkanes of at least 4 members (excludes halogenated alkanes) is 9. The molecule has 0 aliphatic carbocycles. The summed E-state index contributed by atoms with van der Waals surface area (Å²) < 4.78 is 0. The van der Waals surface area contributed by atoms with Crippen molar-refractivity contribution < 1.29 is 4.79 Å². The van der Waals surface area contributed by atoms with Crippen molar-refractivity contribution in [2.75, 3.05) is 6.54 Å². The minimum Gasteiger partial charge on any atom is -0.372 e. The van der Waals surface area contributed by atoms with E-state index >= 15 is 0 Å². The number of amides is 1. The largest absolute Gasteiger partial charge is 0.372 e. The molecule has 0 aromatic carbocycles. The lowest BCUT2D eigenvalue weighted by atomic mass is 10.1. The predicted molar refractivity (Wildman–Crippen MR) is 71.1 cm³/mol. The highest BCUT2D eigenvalue weighted by Crippen LogP contribution is 2.09. The Kier molecular flexibility index (Phi) is 22.2. The summed E-state index contributed by atoms with van der Waals surface area (Å²) in [7, 11) is 0. The lowest BCUT2D eigenvalue weighted by Crippen LogP contribution is -1.97. The summed E-state index contributed by atoms with van der Waals surface area (Å²) in [6, 6.07) is 0. The Morgan fingerprint density at radius 3 is 1.44 bits per heavy atom. The van der Waals surface area contributed by atoms with Crippen LogP contribution in [0.4, 0.5) is 0 Å². The van der Waals surface area contributed by atoms with Crippen molar-refractivity contribution in [1.29, 1.82) is 0 Å². The number of hydrogen-bond acceptors (Lipinski definition) is 2. The van der Waals surface area contributed by atoms with Crippen molar-refractivity contribution in [3.63, 3.8) is 0 Å². The topological polar surface area (TPSA) is 69.1 Å². The number of rotatable bonds is 10. The second-order valence-corrected chi connectivity index (χ2v) is 4.11. The van der Waals surface area contributed by atoms with Crippen LogP contribution in [0.25, 0.3) is 0 Å². The van der Waals surface area contributed by atoms with E-state index in [1.165, 1.54) is 64.2 Å². The molecular formula is C13H30N2O. The Balaban J connectivity index is 0. The Labute approximate surface area is 101 Å². The molecule has 0 atom stereocenters. The van der Waals surface area contributed by atoms with E-state index in [4.69, 9.17) is 10.5 Å². The van der Waals surface area contributed by atoms with Crippen molar-refractivity contribution >= 4 is 6.41 Å². The fraction of sp³-hybridized carbons (Fsp3) is 0.923. The maximum Gasteiger partial charge on any atom is 0.204 e. The number of nitrogens with two attached hydrogens (primary N) is 2. The van der Waals surface area contributed by atoms with Crippen molar-refractivity contribution in [3.05, 3.63) is 0 Å². The molecule has 0 bridgehead atoms. The van der Waals surface area contributed by atoms with Gasteiger partial charge in [0.15, 0.2) is 0 Å². The highest BCUT2D eigenvalue weighted by atomic mass is 16.1. The lowest BCUT2D eigenvalue weighted by Gasteiger charge is -2.00. The van der Waals surface area contributed by atoms with Crippen molar-refractivity contribution in [2.45, 2.75) is 71.1 Å². The van der Waals surface area contributed by atoms with E-state index in [2.05, 4.69) is 12.7 Å². The third kappa shape index (κ3) is 23.3. The Hall–Kier alpha value is -0.570. The standard InChI is InChI=1S/C12H27N.CH3NO/c1-2-3-4-5-6-7-8-9-10-11-12-13;2-1-3/h2-13H2,1H3;1H,(H2,2,3). The molecule has 16 heavy (non-hydrogen) atoms. The molecule has 4 N–H and O–H groups in total. The van der Waals surface area contributed by atoms with E-state index in [1.807, 2.05) is 0 Å². The van der Waals surface area contributed by atoms with E-state index in [0.717, 1.165) is 6.54 Å². The minimum atomic E-state index is 0.250. The van der Waals surface area contributed by atoms with E-state index < -0.39 is 0 Å². The first-order valence-corrected chi connectivity index (χ1v) is 6.68. The third-order valence-corrected chi connectivity index (χ3v) is 2.56. The fourth-order valence-corrected chi connectivity index (χ4v) is 1.63. The molecule has 0 radical (unpaired) electrons. The maximum absolute atomic E-state index is 8.58. The molecule has 0 unspecified atom stereocenters. The van der Waals surface area contributed by atoms with E-state index in [1.54, 1.807) is 0 Å². The molecule has 3 heteroatoms. The Bertz CT molecular complexity index is 109. The second-order valence-electron chi connectivity index (χ2n) is 4.11. The van der Waals surface area contributed by atoms with Gasteiger partial charge in [-0.3, -0.25) is 4.79 Å². The molecule has 0 rings (SSSR count). The van der Waals surface area contributed by atoms with Crippen LogP contribution in [0, 0.1) is 0 Å². The normalized spacial score (nSPS) is 9.38. The number of carbonyl (C=O) groups excluding carboxylic acids is 1. The number of primary amides is 1. The molecule has 0 aliphatic heterocycles. The van der Waals surface area contributed by atoms with Gasteiger partial charge in [0.05, 0.1) is 0 Å². The van der Waals surface area contributed by atoms with Crippen LogP contribution in [-0.2, 0) is 4.79 Å². The van der Waals surface area contributed by atoms with Gasteiger partial charge in [0, 0.05) is 0 Å². The van der Waals surface area contributed by atoms with Gasteiger partial charge in [0.1, 0.15) is 0 Å². The van der Waals surface area contributed by atoms with Crippen LogP contribution in [0.15, 0.2) is 0 Å². The quantitative estimate of drug-likeness (QED) is 0.447. The zero-order valence-electron chi connectivity index (χ0n) is 10.9. The molecule has 1 amide bonds. The van der Waals surface area contributed by atoms with E-state index in [9.17, 15) is 0 Å². The van der Waals surface area contributed by atoms with Gasteiger partial charge >= 0.3 is 0 Å². The van der Waals surface area contributed by atoms with Crippen molar-refractivity contribution in [2.24, 2.45) is 11.5 Å². The molecule has 0 aromatic rings. The van der Waals surface area contributed by atoms with Crippen LogP contribution < -0.4 is 11.5 Å². The molecule has 98 valence electrons. The summed E-state index contributed by atoms with van der Waals surface area (Å²) in [6.07, 6.45) is 14.2. The minimum absolute atomic E-state index is 0.250. The summed E-state index contributed by atoms with van der Waals surface area (Å²) in [5.41, 5.74) is 9.59. The number of carbonyl (C=O) groups is 1. The smallest absolute Gasteiger partial charge is 0.204 e. The van der Waals surface area contributed by atoms with Crippen molar-refractivity contribution in [1.82, 2.24) is 0 Å². The van der Waals surface area contributed by atoms with Gasteiger partial charge < -0.3 is 11.5 Å². The van der Waals surface area contributed by atoms with Gasteiger partial charge in [0.25, 0.3) is 0 Å². The monoisotopic (exact) mass is 230 g/mol. The number of hydrogen-bond donors (Lipinski definition) is 2. The van der Waals surface area contributed by atoms with Gasteiger partial charge in [0.2, 0.25) is 6.41 Å². The van der Waals surface area contributed by atoms with Crippen molar-refractivity contribution in [3.8, 4) is 0 Å². The van der Waals surface area contributed by atoms with Gasteiger partial charge in [-0.05, 0) is 13.0 Å². The van der Waals surface area contributed by atoms with Crippen LogP contribution in [-0.4, -0.2) is 13.0 Å². The molecular weight excluding hydrogens is 200 g/mol. The molecule has 0 spiro atoms. The van der Waals surface area contributed by atoms with Crippen LogP contribution in [0.2, 0.25) is 0 Å². The van der Waals surface area contributed by atoms with Crippen LogP contribution in [0.3, 0.4) is 0 Å². The van der Waals surface area contributed by atoms with Crippen LogP contribution in [0.5, 0.6) is 0 Å². The van der Waals surface area contributed by atoms with Crippen LogP contribution >= 0.6 is 0 Å². The zero-order chi connectivity index (χ0) is 12.5. The van der Waals surface area contributed by atoms with Gasteiger partial charge in [-0.2, -0.15) is 0 Å². The second kappa shape index (κ2) is 19.9. The van der Waals surface area contributed by atoms with Gasteiger partial charge in [-0.15, -0.1) is 0 Å². The first-order chi connectivity index (χ1) is 7.83. The Morgan fingerprint density at radius 1 is 0.812 bits per heavy atom. The highest BCUT2D eigenvalue weighted by molar-refractivity contribution is 5.42. The molecule has 3 nitrogen and oxygen atoms in total. The molecule has 0 saturated heterocycles. The molecule has 0 aliphatic rings. The first kappa shape index (κ1) is 17.8. The van der Waals surface area contributed by atoms with Gasteiger partial charge in [-0.25, -0.2) is 0 Å². The molecule has 0 saturated carbocycles. The third-order valence-electron chi connectivity index (χ3n) is 2.56. The maximum atomic E-state index is 8.58. The fourth-order valence-electron chi connectivity index (χ4n) is 1.63. The summed E-state index contributed by atoms with van der Waals surface area (Å²) in [6.45, 7) is 3.14.